The standard InChI is InChI=1S/C12H15NO4S/c1-16-9-3-2-7(11(13)12(14)15)4-10(9)17-8-5-18-6-8/h2-4,8,11H,5-6,13H2,1H3,(H,14,15). The van der Waals surface area contributed by atoms with Crippen LogP contribution in [0.25, 0.3) is 0 Å². The second-order valence-electron chi connectivity index (χ2n) is 4.00. The average molecular weight is 269 g/mol. The molecule has 1 saturated heterocycles. The lowest BCUT2D eigenvalue weighted by molar-refractivity contribution is -0.138. The lowest BCUT2D eigenvalue weighted by Crippen LogP contribution is -2.31. The maximum Gasteiger partial charge on any atom is 0.325 e. The Morgan fingerprint density at radius 1 is 1.50 bits per heavy atom. The van der Waals surface area contributed by atoms with Gasteiger partial charge < -0.3 is 20.3 Å². The van der Waals surface area contributed by atoms with E-state index in [1.807, 2.05) is 11.8 Å². The Hall–Kier alpha value is -1.40. The number of methoxy groups -OCH3 is 1. The zero-order chi connectivity index (χ0) is 13.1. The SMILES string of the molecule is COc1ccc(C(N)C(=O)O)cc1OC1CSC1. The van der Waals surface area contributed by atoms with Gasteiger partial charge in [-0.1, -0.05) is 6.07 Å². The van der Waals surface area contributed by atoms with Crippen molar-refractivity contribution in [2.75, 3.05) is 18.6 Å². The molecule has 1 aromatic rings. The van der Waals surface area contributed by atoms with Gasteiger partial charge in [0.25, 0.3) is 0 Å². The number of hydrogen-bond acceptors (Lipinski definition) is 5. The van der Waals surface area contributed by atoms with Crippen molar-refractivity contribution in [3.8, 4) is 11.5 Å². The number of hydrogen-bond donors (Lipinski definition) is 2. The molecule has 0 aromatic heterocycles. The van der Waals surface area contributed by atoms with E-state index in [2.05, 4.69) is 0 Å². The number of carbonyl (C=O) groups is 1. The normalized spacial score (nSPS) is 16.8. The lowest BCUT2D eigenvalue weighted by Gasteiger charge is -2.27. The van der Waals surface area contributed by atoms with E-state index < -0.39 is 12.0 Å². The lowest BCUT2D eigenvalue weighted by atomic mass is 10.1. The van der Waals surface area contributed by atoms with E-state index in [4.69, 9.17) is 20.3 Å². The number of aliphatic carboxylic acids is 1. The van der Waals surface area contributed by atoms with Crippen molar-refractivity contribution in [1.29, 1.82) is 0 Å². The molecule has 0 spiro atoms. The number of rotatable bonds is 5. The summed E-state index contributed by atoms with van der Waals surface area (Å²) in [5.74, 6) is 1.96. The number of nitrogens with two attached hydrogens (primary N) is 1. The molecule has 1 aliphatic rings. The molecule has 1 fully saturated rings. The highest BCUT2D eigenvalue weighted by molar-refractivity contribution is 8.00. The Balaban J connectivity index is 2.23. The van der Waals surface area contributed by atoms with E-state index >= 15 is 0 Å². The monoisotopic (exact) mass is 269 g/mol. The van der Waals surface area contributed by atoms with Crippen LogP contribution in [0.1, 0.15) is 11.6 Å². The summed E-state index contributed by atoms with van der Waals surface area (Å²) < 4.78 is 10.9. The summed E-state index contributed by atoms with van der Waals surface area (Å²) in [5, 5.41) is 8.89. The van der Waals surface area contributed by atoms with Gasteiger partial charge in [0.05, 0.1) is 7.11 Å². The molecule has 0 bridgehead atoms. The highest BCUT2D eigenvalue weighted by Gasteiger charge is 2.23. The summed E-state index contributed by atoms with van der Waals surface area (Å²) in [6.07, 6.45) is 0.167. The maximum atomic E-state index is 10.9. The van der Waals surface area contributed by atoms with Crippen molar-refractivity contribution in [1.82, 2.24) is 0 Å². The molecule has 3 N–H and O–H groups in total. The topological polar surface area (TPSA) is 81.8 Å². The average Bonchev–Trinajstić information content (AvgIpc) is 2.32. The van der Waals surface area contributed by atoms with Gasteiger partial charge in [-0.2, -0.15) is 11.8 Å². The van der Waals surface area contributed by atoms with Gasteiger partial charge >= 0.3 is 5.97 Å². The summed E-state index contributed by atoms with van der Waals surface area (Å²) in [6, 6.07) is 3.91. The minimum absolute atomic E-state index is 0.167. The Kier molecular flexibility index (Phi) is 3.98. The first-order chi connectivity index (χ1) is 8.61. The fourth-order valence-corrected chi connectivity index (χ4v) is 2.15. The second-order valence-corrected chi connectivity index (χ2v) is 5.08. The molecule has 0 amide bonds. The maximum absolute atomic E-state index is 10.9. The highest BCUT2D eigenvalue weighted by atomic mass is 32.2. The zero-order valence-corrected chi connectivity index (χ0v) is 10.8. The van der Waals surface area contributed by atoms with Gasteiger partial charge in [0.2, 0.25) is 0 Å². The van der Waals surface area contributed by atoms with Gasteiger partial charge in [0, 0.05) is 11.5 Å². The third kappa shape index (κ3) is 2.70. The fraction of sp³-hybridized carbons (Fsp3) is 0.417. The molecular formula is C12H15NO4S. The van der Waals surface area contributed by atoms with Gasteiger partial charge in [0.15, 0.2) is 11.5 Å². The van der Waals surface area contributed by atoms with Crippen LogP contribution in [0, 0.1) is 0 Å². The predicted octanol–water partition coefficient (Wildman–Crippen LogP) is 1.27. The predicted molar refractivity (Wildman–Crippen MR) is 69.3 cm³/mol. The van der Waals surface area contributed by atoms with Crippen molar-refractivity contribution in [3.05, 3.63) is 23.8 Å². The molecule has 6 heteroatoms. The molecule has 18 heavy (non-hydrogen) atoms. The number of thioether (sulfide) groups is 1. The first-order valence-corrected chi connectivity index (χ1v) is 6.68. The third-order valence-corrected chi connectivity index (χ3v) is 3.93. The van der Waals surface area contributed by atoms with E-state index in [1.54, 1.807) is 25.3 Å². The first-order valence-electron chi connectivity index (χ1n) is 5.52. The third-order valence-electron chi connectivity index (χ3n) is 2.71. The summed E-state index contributed by atoms with van der Waals surface area (Å²) in [6.45, 7) is 0. The first kappa shape index (κ1) is 13.0. The Bertz CT molecular complexity index is 448. The molecule has 98 valence electrons. The van der Waals surface area contributed by atoms with Crippen LogP contribution < -0.4 is 15.2 Å². The molecule has 1 atom stereocenters. The van der Waals surface area contributed by atoms with E-state index in [-0.39, 0.29) is 6.10 Å². The van der Waals surface area contributed by atoms with E-state index in [1.165, 1.54) is 0 Å². The molecule has 2 rings (SSSR count). The summed E-state index contributed by atoms with van der Waals surface area (Å²) in [7, 11) is 1.55. The van der Waals surface area contributed by atoms with Crippen molar-refractivity contribution < 1.29 is 19.4 Å². The van der Waals surface area contributed by atoms with Crippen LogP contribution >= 0.6 is 11.8 Å². The Morgan fingerprint density at radius 3 is 2.72 bits per heavy atom. The van der Waals surface area contributed by atoms with Crippen LogP contribution in [0.15, 0.2) is 18.2 Å². The summed E-state index contributed by atoms with van der Waals surface area (Å²) in [4.78, 5) is 10.9. The van der Waals surface area contributed by atoms with Crippen molar-refractivity contribution in [2.24, 2.45) is 5.73 Å². The van der Waals surface area contributed by atoms with Gasteiger partial charge in [-0.25, -0.2) is 0 Å². The quantitative estimate of drug-likeness (QED) is 0.838. The van der Waals surface area contributed by atoms with E-state index in [0.717, 1.165) is 11.5 Å². The number of carboxylic acids is 1. The number of ether oxygens (including phenoxy) is 2. The summed E-state index contributed by atoms with van der Waals surface area (Å²) >= 11 is 1.81. The second kappa shape index (κ2) is 5.49. The van der Waals surface area contributed by atoms with Crippen LogP contribution in [-0.2, 0) is 4.79 Å². The largest absolute Gasteiger partial charge is 0.493 e. The van der Waals surface area contributed by atoms with Crippen LogP contribution in [0.2, 0.25) is 0 Å². The van der Waals surface area contributed by atoms with E-state index in [9.17, 15) is 4.79 Å². The van der Waals surface area contributed by atoms with Gasteiger partial charge in [-0.05, 0) is 17.7 Å². The summed E-state index contributed by atoms with van der Waals surface area (Å²) in [5.41, 5.74) is 6.08. The fourth-order valence-electron chi connectivity index (χ4n) is 1.58. The van der Waals surface area contributed by atoms with Gasteiger partial charge in [-0.3, -0.25) is 4.79 Å². The van der Waals surface area contributed by atoms with Crippen molar-refractivity contribution >= 4 is 17.7 Å². The molecule has 0 saturated carbocycles. The van der Waals surface area contributed by atoms with Crippen LogP contribution in [-0.4, -0.2) is 35.8 Å². The zero-order valence-electron chi connectivity index (χ0n) is 9.96. The van der Waals surface area contributed by atoms with Crippen molar-refractivity contribution in [3.63, 3.8) is 0 Å². The highest BCUT2D eigenvalue weighted by Crippen LogP contribution is 2.33. The van der Waals surface area contributed by atoms with Crippen LogP contribution in [0.4, 0.5) is 0 Å². The minimum Gasteiger partial charge on any atom is -0.493 e. The van der Waals surface area contributed by atoms with E-state index in [0.29, 0.717) is 17.1 Å². The molecule has 1 unspecified atom stereocenters. The number of benzene rings is 1. The molecule has 1 aliphatic heterocycles. The Morgan fingerprint density at radius 2 is 2.22 bits per heavy atom. The van der Waals surface area contributed by atoms with Gasteiger partial charge in [-0.15, -0.1) is 0 Å². The number of carboxylic acid groups (broad SMARTS) is 1. The van der Waals surface area contributed by atoms with Crippen LogP contribution in [0.3, 0.4) is 0 Å². The Labute approximate surface area is 109 Å². The van der Waals surface area contributed by atoms with Crippen LogP contribution in [0.5, 0.6) is 11.5 Å². The molecule has 5 nitrogen and oxygen atoms in total. The molecular weight excluding hydrogens is 254 g/mol. The molecule has 1 heterocycles. The molecule has 0 aliphatic carbocycles. The smallest absolute Gasteiger partial charge is 0.325 e. The molecule has 1 aromatic carbocycles. The molecule has 0 radical (unpaired) electrons. The minimum atomic E-state index is -1.06. The van der Waals surface area contributed by atoms with Gasteiger partial charge in [0.1, 0.15) is 12.1 Å². The van der Waals surface area contributed by atoms with Crippen molar-refractivity contribution in [2.45, 2.75) is 12.1 Å².